The van der Waals surface area contributed by atoms with Gasteiger partial charge in [-0.25, -0.2) is 5.43 Å². The normalized spacial score (nSPS) is 12.5. The number of hydrogen-bond donors (Lipinski definition) is 2. The molecule has 0 saturated carbocycles. The molecule has 0 spiro atoms. The third-order valence-electron chi connectivity index (χ3n) is 1.71. The molecule has 0 aliphatic carbocycles. The number of nitrogens with two attached hydrogens (primary N) is 1. The Labute approximate surface area is 90.9 Å². The van der Waals surface area contributed by atoms with E-state index in [4.69, 9.17) is 17.4 Å². The fourth-order valence-corrected chi connectivity index (χ4v) is 1.83. The highest BCUT2D eigenvalue weighted by Gasteiger charge is 2.08. The molecule has 0 saturated heterocycles. The predicted octanol–water partition coefficient (Wildman–Crippen LogP) is 2.79. The largest absolute Gasteiger partial charge is 0.271 e. The smallest absolute Gasteiger partial charge is 0.0652 e. The average molecular weight is 262 g/mol. The van der Waals surface area contributed by atoms with Crippen LogP contribution in [0, 0.1) is 0 Å². The lowest BCUT2D eigenvalue weighted by Gasteiger charge is -2.13. The van der Waals surface area contributed by atoms with Crippen LogP contribution in [-0.4, -0.2) is 0 Å². The summed E-state index contributed by atoms with van der Waals surface area (Å²) in [6.07, 6.45) is 1.70. The van der Waals surface area contributed by atoms with Crippen LogP contribution < -0.4 is 11.3 Å². The number of hydrazine groups is 1. The number of rotatable bonds is 3. The molecule has 0 aliphatic heterocycles. The highest BCUT2D eigenvalue weighted by Crippen LogP contribution is 2.26. The molecule has 0 radical (unpaired) electrons. The van der Waals surface area contributed by atoms with Crippen molar-refractivity contribution in [2.75, 3.05) is 0 Å². The van der Waals surface area contributed by atoms with Crippen LogP contribution in [0.4, 0.5) is 0 Å². The molecule has 1 unspecified atom stereocenters. The quantitative estimate of drug-likeness (QED) is 0.499. The van der Waals surface area contributed by atoms with E-state index in [-0.39, 0.29) is 6.04 Å². The van der Waals surface area contributed by atoms with Gasteiger partial charge in [-0.15, -0.1) is 6.58 Å². The maximum Gasteiger partial charge on any atom is 0.0652 e. The van der Waals surface area contributed by atoms with Crippen LogP contribution in [0.2, 0.25) is 5.02 Å². The summed E-state index contributed by atoms with van der Waals surface area (Å²) in [7, 11) is 0. The third kappa shape index (κ3) is 2.54. The summed E-state index contributed by atoms with van der Waals surface area (Å²) in [5.74, 6) is 5.33. The highest BCUT2D eigenvalue weighted by molar-refractivity contribution is 9.10. The molecule has 2 nitrogen and oxygen atoms in total. The number of halogens is 2. The molecule has 3 N–H and O–H groups in total. The van der Waals surface area contributed by atoms with Gasteiger partial charge < -0.3 is 0 Å². The molecule has 70 valence electrons. The van der Waals surface area contributed by atoms with Crippen molar-refractivity contribution in [3.8, 4) is 0 Å². The summed E-state index contributed by atoms with van der Waals surface area (Å²) >= 11 is 9.34. The first-order chi connectivity index (χ1) is 6.19. The van der Waals surface area contributed by atoms with Gasteiger partial charge in [0, 0.05) is 9.50 Å². The van der Waals surface area contributed by atoms with Crippen molar-refractivity contribution in [1.29, 1.82) is 0 Å². The van der Waals surface area contributed by atoms with E-state index in [1.54, 1.807) is 6.08 Å². The van der Waals surface area contributed by atoms with E-state index >= 15 is 0 Å². The van der Waals surface area contributed by atoms with Gasteiger partial charge in [0.25, 0.3) is 0 Å². The Kier molecular flexibility index (Phi) is 3.93. The Morgan fingerprint density at radius 2 is 2.31 bits per heavy atom. The maximum atomic E-state index is 6.01. The third-order valence-corrected chi connectivity index (χ3v) is 2.53. The Bertz CT molecular complexity index is 314. The SMILES string of the molecule is C=CC(NN)c1ccc(Br)cc1Cl. The van der Waals surface area contributed by atoms with E-state index in [9.17, 15) is 0 Å². The molecule has 4 heteroatoms. The minimum atomic E-state index is -0.111. The average Bonchev–Trinajstić information content (AvgIpc) is 2.10. The topological polar surface area (TPSA) is 38.0 Å². The summed E-state index contributed by atoms with van der Waals surface area (Å²) in [5, 5.41) is 0.664. The maximum absolute atomic E-state index is 6.01. The van der Waals surface area contributed by atoms with Gasteiger partial charge in [-0.05, 0) is 17.7 Å². The first kappa shape index (κ1) is 10.7. The summed E-state index contributed by atoms with van der Waals surface area (Å²) in [6, 6.07) is 5.53. The first-order valence-corrected chi connectivity index (χ1v) is 4.89. The van der Waals surface area contributed by atoms with E-state index in [0.717, 1.165) is 10.0 Å². The minimum Gasteiger partial charge on any atom is -0.271 e. The summed E-state index contributed by atoms with van der Waals surface area (Å²) < 4.78 is 0.945. The Morgan fingerprint density at radius 1 is 1.62 bits per heavy atom. The fourth-order valence-electron chi connectivity index (χ4n) is 1.04. The van der Waals surface area contributed by atoms with Crippen molar-refractivity contribution in [1.82, 2.24) is 5.43 Å². The fraction of sp³-hybridized carbons (Fsp3) is 0.111. The van der Waals surface area contributed by atoms with Gasteiger partial charge in [-0.3, -0.25) is 5.84 Å². The van der Waals surface area contributed by atoms with Gasteiger partial charge in [-0.2, -0.15) is 0 Å². The molecule has 1 rings (SSSR count). The zero-order valence-corrected chi connectivity index (χ0v) is 9.27. The molecule has 0 amide bonds. The molecule has 1 aromatic rings. The van der Waals surface area contributed by atoms with E-state index in [1.807, 2.05) is 18.2 Å². The van der Waals surface area contributed by atoms with Gasteiger partial charge in [0.2, 0.25) is 0 Å². The molecule has 0 heterocycles. The molecule has 0 aliphatic rings. The van der Waals surface area contributed by atoms with Gasteiger partial charge in [-0.1, -0.05) is 39.7 Å². The molecule has 0 fully saturated rings. The zero-order valence-electron chi connectivity index (χ0n) is 6.93. The van der Waals surface area contributed by atoms with E-state index in [1.165, 1.54) is 0 Å². The second kappa shape index (κ2) is 4.77. The van der Waals surface area contributed by atoms with Crippen LogP contribution in [-0.2, 0) is 0 Å². The van der Waals surface area contributed by atoms with Crippen LogP contribution >= 0.6 is 27.5 Å². The van der Waals surface area contributed by atoms with E-state index < -0.39 is 0 Å². The van der Waals surface area contributed by atoms with Crippen molar-refractivity contribution < 1.29 is 0 Å². The Balaban J connectivity index is 3.06. The molecule has 1 aromatic carbocycles. The highest BCUT2D eigenvalue weighted by atomic mass is 79.9. The van der Waals surface area contributed by atoms with Crippen molar-refractivity contribution in [3.05, 3.63) is 45.9 Å². The van der Waals surface area contributed by atoms with E-state index in [0.29, 0.717) is 5.02 Å². The monoisotopic (exact) mass is 260 g/mol. The first-order valence-electron chi connectivity index (χ1n) is 3.72. The molecule has 0 aromatic heterocycles. The van der Waals surface area contributed by atoms with Crippen LogP contribution in [0.1, 0.15) is 11.6 Å². The van der Waals surface area contributed by atoms with Gasteiger partial charge in [0.1, 0.15) is 0 Å². The molecule has 13 heavy (non-hydrogen) atoms. The standard InChI is InChI=1S/C9H10BrClN2/c1-2-9(13-12)7-4-3-6(10)5-8(7)11/h2-5,9,13H,1,12H2. The number of hydrogen-bond acceptors (Lipinski definition) is 2. The minimum absolute atomic E-state index is 0.111. The lowest BCUT2D eigenvalue weighted by molar-refractivity contribution is 0.657. The van der Waals surface area contributed by atoms with Crippen molar-refractivity contribution in [2.45, 2.75) is 6.04 Å². The number of nitrogens with one attached hydrogen (secondary N) is 1. The molecule has 1 atom stereocenters. The molecule has 0 bridgehead atoms. The van der Waals surface area contributed by atoms with Crippen molar-refractivity contribution >= 4 is 27.5 Å². The second-order valence-electron chi connectivity index (χ2n) is 2.55. The summed E-state index contributed by atoms with van der Waals surface area (Å²) in [6.45, 7) is 3.66. The zero-order chi connectivity index (χ0) is 9.84. The summed E-state index contributed by atoms with van der Waals surface area (Å²) in [4.78, 5) is 0. The van der Waals surface area contributed by atoms with Crippen molar-refractivity contribution in [2.24, 2.45) is 5.84 Å². The van der Waals surface area contributed by atoms with Crippen molar-refractivity contribution in [3.63, 3.8) is 0 Å². The molecular weight excluding hydrogens is 251 g/mol. The van der Waals surface area contributed by atoms with Gasteiger partial charge >= 0.3 is 0 Å². The van der Waals surface area contributed by atoms with Crippen LogP contribution in [0.25, 0.3) is 0 Å². The number of benzene rings is 1. The lowest BCUT2D eigenvalue weighted by Crippen LogP contribution is -2.26. The van der Waals surface area contributed by atoms with E-state index in [2.05, 4.69) is 27.9 Å². The summed E-state index contributed by atoms with van der Waals surface area (Å²) in [5.41, 5.74) is 3.53. The predicted molar refractivity (Wildman–Crippen MR) is 59.4 cm³/mol. The van der Waals surface area contributed by atoms with Crippen LogP contribution in [0.5, 0.6) is 0 Å². The van der Waals surface area contributed by atoms with Crippen LogP contribution in [0.3, 0.4) is 0 Å². The van der Waals surface area contributed by atoms with Gasteiger partial charge in [0.05, 0.1) is 6.04 Å². The second-order valence-corrected chi connectivity index (χ2v) is 3.87. The Morgan fingerprint density at radius 3 is 2.77 bits per heavy atom. The van der Waals surface area contributed by atoms with Crippen LogP contribution in [0.15, 0.2) is 35.3 Å². The molecular formula is C9H10BrClN2. The van der Waals surface area contributed by atoms with Gasteiger partial charge in [0.15, 0.2) is 0 Å². The lowest BCUT2D eigenvalue weighted by atomic mass is 10.1. The Hall–Kier alpha value is -0.350.